The van der Waals surface area contributed by atoms with E-state index in [0.29, 0.717) is 6.07 Å². The monoisotopic (exact) mass is 452 g/mol. The number of alkyl halides is 7. The van der Waals surface area contributed by atoms with E-state index in [2.05, 4.69) is 0 Å². The zero-order valence-electron chi connectivity index (χ0n) is 15.3. The molecule has 0 fully saturated rings. The molecule has 2 aromatic carbocycles. The third-order valence-corrected chi connectivity index (χ3v) is 3.87. The lowest BCUT2D eigenvalue weighted by Gasteiger charge is -2.28. The normalized spacial score (nSPS) is 12.2. The van der Waals surface area contributed by atoms with Crippen molar-refractivity contribution in [2.45, 2.75) is 24.9 Å². The number of nitro groups is 1. The van der Waals surface area contributed by atoms with Crippen molar-refractivity contribution in [3.63, 3.8) is 0 Å². The van der Waals surface area contributed by atoms with Crippen molar-refractivity contribution >= 4 is 5.69 Å². The quantitative estimate of drug-likeness (QED) is 0.295. The average molecular weight is 452 g/mol. The summed E-state index contributed by atoms with van der Waals surface area (Å²) in [6.45, 7) is 1.59. The van der Waals surface area contributed by atoms with E-state index in [1.165, 1.54) is 6.07 Å². The minimum Gasteiger partial charge on any atom is -0.487 e. The molecule has 6 nitrogen and oxygen atoms in total. The van der Waals surface area contributed by atoms with E-state index in [1.807, 2.05) is 0 Å². The molecule has 0 atom stereocenters. The summed E-state index contributed by atoms with van der Waals surface area (Å²) in [4.78, 5) is 10.2. The average Bonchev–Trinajstić information content (AvgIpc) is 2.67. The van der Waals surface area contributed by atoms with Crippen molar-refractivity contribution in [2.24, 2.45) is 0 Å². The standard InChI is InChI=1S/C18H11F7N2O4/c1-2-30-15-8-12(4-5-13(15)27(28)29)31-14-6-3-11(7-10(14)9-26)16(19,20)17(21,22)18(23,24)25/h3-8H,2H2,1H3. The van der Waals surface area contributed by atoms with Crippen LogP contribution in [0.25, 0.3) is 0 Å². The van der Waals surface area contributed by atoms with Crippen LogP contribution in [0.1, 0.15) is 18.1 Å². The molecule has 0 aliphatic heterocycles. The number of hydrogen-bond donors (Lipinski definition) is 0. The summed E-state index contributed by atoms with van der Waals surface area (Å²) in [6, 6.07) is 5.51. The molecule has 0 heterocycles. The number of hydrogen-bond acceptors (Lipinski definition) is 5. The van der Waals surface area contributed by atoms with Crippen molar-refractivity contribution in [1.29, 1.82) is 5.26 Å². The molecular formula is C18H11F7N2O4. The SMILES string of the molecule is CCOc1cc(Oc2ccc(C(F)(F)C(F)(F)C(F)(F)F)cc2C#N)ccc1[N+](=O)[O-]. The highest BCUT2D eigenvalue weighted by Gasteiger charge is 2.73. The third-order valence-electron chi connectivity index (χ3n) is 3.87. The Balaban J connectivity index is 2.45. The fourth-order valence-electron chi connectivity index (χ4n) is 2.37. The highest BCUT2D eigenvalue weighted by atomic mass is 19.4. The number of benzene rings is 2. The molecule has 31 heavy (non-hydrogen) atoms. The van der Waals surface area contributed by atoms with E-state index in [0.717, 1.165) is 18.2 Å². The van der Waals surface area contributed by atoms with Crippen LogP contribution < -0.4 is 9.47 Å². The molecule has 0 bridgehead atoms. The number of rotatable bonds is 7. The van der Waals surface area contributed by atoms with Crippen LogP contribution in [0.3, 0.4) is 0 Å². The minimum atomic E-state index is -6.53. The first kappa shape index (κ1) is 23.7. The van der Waals surface area contributed by atoms with Gasteiger partial charge < -0.3 is 9.47 Å². The summed E-state index contributed by atoms with van der Waals surface area (Å²) < 4.78 is 102. The molecule has 2 aromatic rings. The summed E-state index contributed by atoms with van der Waals surface area (Å²) in [5.41, 5.74) is -2.94. The van der Waals surface area contributed by atoms with Crippen molar-refractivity contribution in [3.8, 4) is 23.3 Å². The van der Waals surface area contributed by atoms with Crippen LogP contribution in [0.5, 0.6) is 17.2 Å². The molecule has 166 valence electrons. The molecule has 0 saturated carbocycles. The van der Waals surface area contributed by atoms with Crippen molar-refractivity contribution in [2.75, 3.05) is 6.61 Å². The van der Waals surface area contributed by atoms with E-state index in [-0.39, 0.29) is 30.2 Å². The smallest absolute Gasteiger partial charge is 0.460 e. The molecule has 0 N–H and O–H groups in total. The number of ether oxygens (including phenoxy) is 2. The van der Waals surface area contributed by atoms with Crippen molar-refractivity contribution < 1.29 is 45.1 Å². The Morgan fingerprint density at radius 2 is 1.68 bits per heavy atom. The zero-order valence-corrected chi connectivity index (χ0v) is 15.3. The van der Waals surface area contributed by atoms with Crippen LogP contribution in [-0.2, 0) is 5.92 Å². The van der Waals surface area contributed by atoms with Gasteiger partial charge in [-0.1, -0.05) is 0 Å². The van der Waals surface area contributed by atoms with Crippen LogP contribution in [0.4, 0.5) is 36.4 Å². The summed E-state index contributed by atoms with van der Waals surface area (Å²) in [5, 5.41) is 20.1. The fourth-order valence-corrected chi connectivity index (χ4v) is 2.37. The molecule has 0 saturated heterocycles. The number of halogens is 7. The summed E-state index contributed by atoms with van der Waals surface area (Å²) in [6.07, 6.45) is -6.53. The van der Waals surface area contributed by atoms with Gasteiger partial charge in [0.15, 0.2) is 0 Å². The molecule has 0 unspecified atom stereocenters. The van der Waals surface area contributed by atoms with E-state index in [1.54, 1.807) is 6.92 Å². The summed E-state index contributed by atoms with van der Waals surface area (Å²) >= 11 is 0. The first-order valence-corrected chi connectivity index (χ1v) is 8.22. The highest BCUT2D eigenvalue weighted by molar-refractivity contribution is 5.53. The van der Waals surface area contributed by atoms with Gasteiger partial charge in [0.05, 0.1) is 17.1 Å². The first-order valence-electron chi connectivity index (χ1n) is 8.22. The minimum absolute atomic E-state index is 0.0466. The van der Waals surface area contributed by atoms with Gasteiger partial charge in [-0.05, 0) is 31.2 Å². The van der Waals surface area contributed by atoms with Crippen LogP contribution in [-0.4, -0.2) is 23.6 Å². The van der Waals surface area contributed by atoms with Crippen LogP contribution in [0.2, 0.25) is 0 Å². The maximum absolute atomic E-state index is 13.9. The van der Waals surface area contributed by atoms with Gasteiger partial charge in [-0.25, -0.2) is 0 Å². The Kier molecular flexibility index (Phi) is 6.34. The molecule has 0 spiro atoms. The lowest BCUT2D eigenvalue weighted by atomic mass is 9.99. The van der Waals surface area contributed by atoms with Gasteiger partial charge >= 0.3 is 23.7 Å². The van der Waals surface area contributed by atoms with Gasteiger partial charge in [-0.15, -0.1) is 0 Å². The molecule has 0 aliphatic rings. The van der Waals surface area contributed by atoms with E-state index in [4.69, 9.17) is 14.7 Å². The summed E-state index contributed by atoms with van der Waals surface area (Å²) in [5.74, 6) is -12.9. The summed E-state index contributed by atoms with van der Waals surface area (Å²) in [7, 11) is 0. The van der Waals surface area contributed by atoms with Gasteiger partial charge in [-0.2, -0.15) is 36.0 Å². The second-order valence-electron chi connectivity index (χ2n) is 5.89. The topological polar surface area (TPSA) is 85.4 Å². The Hall–Kier alpha value is -3.56. The maximum Gasteiger partial charge on any atom is 0.460 e. The number of nitriles is 1. The maximum atomic E-state index is 13.9. The molecule has 2 rings (SSSR count). The van der Waals surface area contributed by atoms with Gasteiger partial charge in [0.1, 0.15) is 17.6 Å². The van der Waals surface area contributed by atoms with Gasteiger partial charge in [0.2, 0.25) is 5.75 Å². The first-order chi connectivity index (χ1) is 14.3. The Bertz CT molecular complexity index is 1030. The molecule has 13 heteroatoms. The molecule has 0 aromatic heterocycles. The third kappa shape index (κ3) is 4.47. The molecule has 0 amide bonds. The van der Waals surface area contributed by atoms with Crippen molar-refractivity contribution in [1.82, 2.24) is 0 Å². The second-order valence-corrected chi connectivity index (χ2v) is 5.89. The van der Waals surface area contributed by atoms with E-state index >= 15 is 0 Å². The number of nitrogens with zero attached hydrogens (tertiary/aromatic N) is 2. The second kappa shape index (κ2) is 8.29. The van der Waals surface area contributed by atoms with Crippen LogP contribution in [0, 0.1) is 21.4 Å². The predicted molar refractivity (Wildman–Crippen MR) is 90.4 cm³/mol. The lowest BCUT2D eigenvalue weighted by Crippen LogP contribution is -2.50. The van der Waals surface area contributed by atoms with E-state index in [9.17, 15) is 40.8 Å². The van der Waals surface area contributed by atoms with Crippen LogP contribution in [0.15, 0.2) is 36.4 Å². The largest absolute Gasteiger partial charge is 0.487 e. The fraction of sp³-hybridized carbons (Fsp3) is 0.278. The van der Waals surface area contributed by atoms with Crippen molar-refractivity contribution in [3.05, 3.63) is 57.6 Å². The van der Waals surface area contributed by atoms with Gasteiger partial charge in [0, 0.05) is 17.7 Å². The number of nitro benzene ring substituents is 1. The Morgan fingerprint density at radius 3 is 2.19 bits per heavy atom. The molecule has 0 radical (unpaired) electrons. The van der Waals surface area contributed by atoms with Gasteiger partial charge in [-0.3, -0.25) is 10.1 Å². The predicted octanol–water partition coefficient (Wildman–Crippen LogP) is 5.95. The Labute approximate surface area is 169 Å². The Morgan fingerprint density at radius 1 is 1.03 bits per heavy atom. The molecule has 0 aliphatic carbocycles. The zero-order chi connectivity index (χ0) is 23.6. The molecular weight excluding hydrogens is 441 g/mol. The lowest BCUT2D eigenvalue weighted by molar-refractivity contribution is -0.385. The van der Waals surface area contributed by atoms with Crippen LogP contribution >= 0.6 is 0 Å². The van der Waals surface area contributed by atoms with E-state index < -0.39 is 45.5 Å². The highest BCUT2D eigenvalue weighted by Crippen LogP contribution is 2.52. The van der Waals surface area contributed by atoms with Gasteiger partial charge in [0.25, 0.3) is 0 Å².